The van der Waals surface area contributed by atoms with E-state index in [1.807, 2.05) is 6.92 Å². The van der Waals surface area contributed by atoms with E-state index in [0.717, 1.165) is 19.4 Å². The summed E-state index contributed by atoms with van der Waals surface area (Å²) >= 11 is 0. The third kappa shape index (κ3) is 3.79. The molecule has 0 radical (unpaired) electrons. The van der Waals surface area contributed by atoms with Crippen molar-refractivity contribution in [3.63, 3.8) is 0 Å². The number of sulfonamides is 1. The number of ether oxygens (including phenoxy) is 1. The fourth-order valence-electron chi connectivity index (χ4n) is 3.76. The molecule has 1 amide bonds. The Hall–Kier alpha value is -1.45. The molecule has 0 spiro atoms. The number of nitrogens with zero attached hydrogens (tertiary/aromatic N) is 2. The lowest BCUT2D eigenvalue weighted by atomic mass is 9.96. The van der Waals surface area contributed by atoms with Crippen LogP contribution >= 0.6 is 0 Å². The van der Waals surface area contributed by atoms with Crippen LogP contribution in [0.4, 0.5) is 0 Å². The summed E-state index contributed by atoms with van der Waals surface area (Å²) in [7, 11) is -3.64. The molecule has 146 valence electrons. The van der Waals surface area contributed by atoms with E-state index >= 15 is 0 Å². The standard InChI is InChI=1S/C17H27N3O5S/c1-11(15-5-4-10-24-15)18-17(21)14-6-8-20(9-7-14)26(22,23)16-12(2)19-25-13(16)3/h11,14-15H,4-10H2,1-3H3,(H,18,21)/t11-,15-/m0/s1. The lowest BCUT2D eigenvalue weighted by molar-refractivity contribution is -0.127. The summed E-state index contributed by atoms with van der Waals surface area (Å²) < 4.78 is 37.7. The lowest BCUT2D eigenvalue weighted by Gasteiger charge is -2.31. The Morgan fingerprint density at radius 1 is 1.27 bits per heavy atom. The summed E-state index contributed by atoms with van der Waals surface area (Å²) in [5.41, 5.74) is 0.368. The first-order valence-corrected chi connectivity index (χ1v) is 10.6. The summed E-state index contributed by atoms with van der Waals surface area (Å²) in [5.74, 6) is 0.116. The molecule has 1 aromatic rings. The average molecular weight is 385 g/mol. The smallest absolute Gasteiger partial charge is 0.248 e. The highest BCUT2D eigenvalue weighted by Gasteiger charge is 2.36. The van der Waals surface area contributed by atoms with Crippen molar-refractivity contribution in [1.82, 2.24) is 14.8 Å². The second-order valence-electron chi connectivity index (χ2n) is 7.18. The zero-order valence-electron chi connectivity index (χ0n) is 15.5. The highest BCUT2D eigenvalue weighted by atomic mass is 32.2. The van der Waals surface area contributed by atoms with Gasteiger partial charge in [0.05, 0.1) is 12.1 Å². The Kier molecular flexibility index (Phi) is 5.69. The van der Waals surface area contributed by atoms with Crippen molar-refractivity contribution in [2.45, 2.75) is 63.5 Å². The van der Waals surface area contributed by atoms with Crippen LogP contribution in [0, 0.1) is 19.8 Å². The predicted molar refractivity (Wildman–Crippen MR) is 94.0 cm³/mol. The van der Waals surface area contributed by atoms with Crippen molar-refractivity contribution >= 4 is 15.9 Å². The minimum atomic E-state index is -3.64. The molecule has 2 atom stereocenters. The fourth-order valence-corrected chi connectivity index (χ4v) is 5.52. The minimum absolute atomic E-state index is 0.0117. The van der Waals surface area contributed by atoms with Gasteiger partial charge in [-0.1, -0.05) is 5.16 Å². The lowest BCUT2D eigenvalue weighted by Crippen LogP contribution is -2.47. The number of carbonyl (C=O) groups is 1. The number of aryl methyl sites for hydroxylation is 2. The van der Waals surface area contributed by atoms with Gasteiger partial charge in [-0.2, -0.15) is 4.31 Å². The zero-order valence-corrected chi connectivity index (χ0v) is 16.3. The molecule has 26 heavy (non-hydrogen) atoms. The molecule has 9 heteroatoms. The highest BCUT2D eigenvalue weighted by Crippen LogP contribution is 2.28. The molecule has 2 fully saturated rings. The number of carbonyl (C=O) groups excluding carboxylic acids is 1. The van der Waals surface area contributed by atoms with Crippen molar-refractivity contribution < 1.29 is 22.5 Å². The molecule has 0 unspecified atom stereocenters. The van der Waals surface area contributed by atoms with E-state index in [1.165, 1.54) is 4.31 Å². The Labute approximate surface area is 154 Å². The van der Waals surface area contributed by atoms with Gasteiger partial charge in [0.1, 0.15) is 10.6 Å². The van der Waals surface area contributed by atoms with E-state index in [4.69, 9.17) is 9.26 Å². The SMILES string of the molecule is Cc1noc(C)c1S(=O)(=O)N1CCC(C(=O)N[C@@H](C)[C@@H]2CCCO2)CC1. The zero-order chi connectivity index (χ0) is 18.9. The van der Waals surface area contributed by atoms with E-state index in [-0.39, 0.29) is 28.9 Å². The maximum Gasteiger partial charge on any atom is 0.248 e. The van der Waals surface area contributed by atoms with Crippen LogP contribution in [0.2, 0.25) is 0 Å². The van der Waals surface area contributed by atoms with Crippen LogP contribution in [0.1, 0.15) is 44.1 Å². The maximum atomic E-state index is 12.8. The maximum absolute atomic E-state index is 12.8. The molecule has 8 nitrogen and oxygen atoms in total. The average Bonchev–Trinajstić information content (AvgIpc) is 3.25. The molecule has 3 rings (SSSR count). The predicted octanol–water partition coefficient (Wildman–Crippen LogP) is 1.38. The topological polar surface area (TPSA) is 102 Å². The Morgan fingerprint density at radius 2 is 1.96 bits per heavy atom. The largest absolute Gasteiger partial charge is 0.376 e. The first kappa shape index (κ1) is 19.3. The van der Waals surface area contributed by atoms with Gasteiger partial charge in [0.2, 0.25) is 15.9 Å². The third-order valence-electron chi connectivity index (χ3n) is 5.28. The van der Waals surface area contributed by atoms with Crippen LogP contribution in [0.25, 0.3) is 0 Å². The first-order chi connectivity index (χ1) is 12.3. The molecular formula is C17H27N3O5S. The summed E-state index contributed by atoms with van der Waals surface area (Å²) in [6.07, 6.45) is 3.09. The van der Waals surface area contributed by atoms with Gasteiger partial charge in [-0.05, 0) is 46.5 Å². The van der Waals surface area contributed by atoms with Crippen LogP contribution in [0.3, 0.4) is 0 Å². The van der Waals surface area contributed by atoms with Gasteiger partial charge in [-0.15, -0.1) is 0 Å². The number of piperidine rings is 1. The molecule has 0 saturated carbocycles. The quantitative estimate of drug-likeness (QED) is 0.821. The van der Waals surface area contributed by atoms with Crippen molar-refractivity contribution in [3.05, 3.63) is 11.5 Å². The molecule has 0 bridgehead atoms. The number of hydrogen-bond donors (Lipinski definition) is 1. The first-order valence-electron chi connectivity index (χ1n) is 9.15. The summed E-state index contributed by atoms with van der Waals surface area (Å²) in [5, 5.41) is 6.77. The molecular weight excluding hydrogens is 358 g/mol. The Morgan fingerprint density at radius 3 is 2.50 bits per heavy atom. The molecule has 3 heterocycles. The normalized spacial score (nSPS) is 23.9. The van der Waals surface area contributed by atoms with Gasteiger partial charge in [0.25, 0.3) is 0 Å². The number of nitrogens with one attached hydrogen (secondary N) is 1. The number of aromatic nitrogens is 1. The van der Waals surface area contributed by atoms with E-state index in [2.05, 4.69) is 10.5 Å². The molecule has 0 aromatic carbocycles. The van der Waals surface area contributed by atoms with Crippen LogP contribution in [-0.4, -0.2) is 55.6 Å². The molecule has 1 aromatic heterocycles. The van der Waals surface area contributed by atoms with Crippen LogP contribution in [0.15, 0.2) is 9.42 Å². The van der Waals surface area contributed by atoms with Gasteiger partial charge >= 0.3 is 0 Å². The molecule has 2 aliphatic heterocycles. The second-order valence-corrected chi connectivity index (χ2v) is 9.06. The number of amides is 1. The monoisotopic (exact) mass is 385 g/mol. The van der Waals surface area contributed by atoms with E-state index < -0.39 is 10.0 Å². The van der Waals surface area contributed by atoms with E-state index in [1.54, 1.807) is 13.8 Å². The van der Waals surface area contributed by atoms with Crippen LogP contribution in [-0.2, 0) is 19.6 Å². The van der Waals surface area contributed by atoms with Crippen molar-refractivity contribution in [2.75, 3.05) is 19.7 Å². The van der Waals surface area contributed by atoms with Gasteiger partial charge < -0.3 is 14.6 Å². The van der Waals surface area contributed by atoms with Crippen molar-refractivity contribution in [3.8, 4) is 0 Å². The van der Waals surface area contributed by atoms with Crippen molar-refractivity contribution in [1.29, 1.82) is 0 Å². The van der Waals surface area contributed by atoms with Gasteiger partial charge in [-0.3, -0.25) is 4.79 Å². The van der Waals surface area contributed by atoms with Gasteiger partial charge in [0, 0.05) is 25.6 Å². The molecule has 0 aliphatic carbocycles. The Balaban J connectivity index is 1.57. The van der Waals surface area contributed by atoms with Crippen molar-refractivity contribution in [2.24, 2.45) is 5.92 Å². The highest BCUT2D eigenvalue weighted by molar-refractivity contribution is 7.89. The van der Waals surface area contributed by atoms with Gasteiger partial charge in [-0.25, -0.2) is 8.42 Å². The fraction of sp³-hybridized carbons (Fsp3) is 0.765. The second kappa shape index (κ2) is 7.66. The van der Waals surface area contributed by atoms with Crippen LogP contribution < -0.4 is 5.32 Å². The van der Waals surface area contributed by atoms with E-state index in [0.29, 0.717) is 37.4 Å². The molecule has 2 aliphatic rings. The number of rotatable bonds is 5. The minimum Gasteiger partial charge on any atom is -0.376 e. The summed E-state index contributed by atoms with van der Waals surface area (Å²) in [4.78, 5) is 12.6. The van der Waals surface area contributed by atoms with E-state index in [9.17, 15) is 13.2 Å². The Bertz CT molecular complexity index is 727. The summed E-state index contributed by atoms with van der Waals surface area (Å²) in [6, 6.07) is -0.0194. The third-order valence-corrected chi connectivity index (χ3v) is 7.43. The number of hydrogen-bond acceptors (Lipinski definition) is 6. The molecule has 2 saturated heterocycles. The van der Waals surface area contributed by atoms with Gasteiger partial charge in [0.15, 0.2) is 5.76 Å². The molecule has 1 N–H and O–H groups in total. The summed E-state index contributed by atoms with van der Waals surface area (Å²) in [6.45, 7) is 6.57. The van der Waals surface area contributed by atoms with Crippen LogP contribution in [0.5, 0.6) is 0 Å².